The van der Waals surface area contributed by atoms with Crippen LogP contribution in [0.1, 0.15) is 18.1 Å². The van der Waals surface area contributed by atoms with Gasteiger partial charge in [-0.3, -0.25) is 0 Å². The van der Waals surface area contributed by atoms with Crippen molar-refractivity contribution in [2.75, 3.05) is 11.9 Å². The molecule has 3 aromatic rings. The zero-order chi connectivity index (χ0) is 15.4. The molecule has 0 aliphatic carbocycles. The summed E-state index contributed by atoms with van der Waals surface area (Å²) in [5.74, 6) is 0.960. The summed E-state index contributed by atoms with van der Waals surface area (Å²) in [6.07, 6.45) is 0. The van der Waals surface area contributed by atoms with Crippen LogP contribution in [0.3, 0.4) is 0 Å². The van der Waals surface area contributed by atoms with Gasteiger partial charge in [0.15, 0.2) is 0 Å². The standard InChI is InChI=1S/C20H21NO/c1-3-22-20-12-11-16-8-4-5-10-18(16)19(20)14-21-17-9-6-7-15(2)13-17/h4-13,21H,3,14H2,1-2H3. The lowest BCUT2D eigenvalue weighted by Crippen LogP contribution is -2.04. The van der Waals surface area contributed by atoms with Gasteiger partial charge in [-0.15, -0.1) is 0 Å². The molecule has 0 spiro atoms. The molecule has 3 rings (SSSR count). The minimum Gasteiger partial charge on any atom is -0.494 e. The van der Waals surface area contributed by atoms with Crippen LogP contribution in [0.15, 0.2) is 60.7 Å². The Hall–Kier alpha value is -2.48. The molecule has 112 valence electrons. The van der Waals surface area contributed by atoms with Crippen molar-refractivity contribution in [1.29, 1.82) is 0 Å². The second kappa shape index (κ2) is 6.52. The molecule has 0 bridgehead atoms. The molecular weight excluding hydrogens is 270 g/mol. The average molecular weight is 291 g/mol. The van der Waals surface area contributed by atoms with E-state index in [2.05, 4.69) is 72.9 Å². The highest BCUT2D eigenvalue weighted by Crippen LogP contribution is 2.29. The Morgan fingerprint density at radius 1 is 0.955 bits per heavy atom. The first kappa shape index (κ1) is 14.5. The molecular formula is C20H21NO. The van der Waals surface area contributed by atoms with Crippen molar-refractivity contribution < 1.29 is 4.74 Å². The van der Waals surface area contributed by atoms with Gasteiger partial charge in [-0.1, -0.05) is 42.5 Å². The summed E-state index contributed by atoms with van der Waals surface area (Å²) in [6.45, 7) is 5.55. The lowest BCUT2D eigenvalue weighted by molar-refractivity contribution is 0.337. The molecule has 0 radical (unpaired) electrons. The maximum atomic E-state index is 5.82. The Balaban J connectivity index is 1.95. The molecule has 2 nitrogen and oxygen atoms in total. The van der Waals surface area contributed by atoms with Crippen LogP contribution < -0.4 is 10.1 Å². The first-order valence-corrected chi connectivity index (χ1v) is 7.72. The molecule has 0 atom stereocenters. The largest absolute Gasteiger partial charge is 0.494 e. The van der Waals surface area contributed by atoms with Crippen molar-refractivity contribution in [2.45, 2.75) is 20.4 Å². The van der Waals surface area contributed by atoms with Crippen molar-refractivity contribution in [3.05, 3.63) is 71.8 Å². The van der Waals surface area contributed by atoms with E-state index in [0.29, 0.717) is 6.61 Å². The Morgan fingerprint density at radius 3 is 2.64 bits per heavy atom. The van der Waals surface area contributed by atoms with Crippen LogP contribution in [0.2, 0.25) is 0 Å². The highest BCUT2D eigenvalue weighted by atomic mass is 16.5. The van der Waals surface area contributed by atoms with E-state index >= 15 is 0 Å². The molecule has 0 fully saturated rings. The first-order valence-electron chi connectivity index (χ1n) is 7.72. The molecule has 1 N–H and O–H groups in total. The second-order valence-corrected chi connectivity index (χ2v) is 5.42. The van der Waals surface area contributed by atoms with Crippen molar-refractivity contribution in [3.63, 3.8) is 0 Å². The van der Waals surface area contributed by atoms with Gasteiger partial charge in [0, 0.05) is 17.8 Å². The average Bonchev–Trinajstić information content (AvgIpc) is 2.54. The molecule has 0 unspecified atom stereocenters. The monoisotopic (exact) mass is 291 g/mol. The number of rotatable bonds is 5. The van der Waals surface area contributed by atoms with E-state index in [-0.39, 0.29) is 0 Å². The number of benzene rings is 3. The van der Waals surface area contributed by atoms with Gasteiger partial charge in [0.25, 0.3) is 0 Å². The zero-order valence-electron chi connectivity index (χ0n) is 13.1. The van der Waals surface area contributed by atoms with E-state index in [1.807, 2.05) is 6.92 Å². The van der Waals surface area contributed by atoms with Crippen LogP contribution in [0.4, 0.5) is 5.69 Å². The van der Waals surface area contributed by atoms with Crippen LogP contribution in [0.25, 0.3) is 10.8 Å². The molecule has 0 saturated heterocycles. The Labute approximate surface area is 131 Å². The quantitative estimate of drug-likeness (QED) is 0.701. The van der Waals surface area contributed by atoms with Gasteiger partial charge < -0.3 is 10.1 Å². The van der Waals surface area contributed by atoms with Crippen molar-refractivity contribution >= 4 is 16.5 Å². The predicted octanol–water partition coefficient (Wildman–Crippen LogP) is 5.16. The van der Waals surface area contributed by atoms with Gasteiger partial charge >= 0.3 is 0 Å². The van der Waals surface area contributed by atoms with Crippen molar-refractivity contribution in [2.24, 2.45) is 0 Å². The molecule has 0 saturated carbocycles. The third-order valence-corrected chi connectivity index (χ3v) is 3.78. The Morgan fingerprint density at radius 2 is 1.82 bits per heavy atom. The summed E-state index contributed by atoms with van der Waals surface area (Å²) in [6, 6.07) is 21.1. The summed E-state index contributed by atoms with van der Waals surface area (Å²) in [5, 5.41) is 6.00. The molecule has 0 aliphatic heterocycles. The van der Waals surface area contributed by atoms with E-state index in [4.69, 9.17) is 4.74 Å². The number of hydrogen-bond donors (Lipinski definition) is 1. The van der Waals surface area contributed by atoms with Crippen LogP contribution in [0.5, 0.6) is 5.75 Å². The van der Waals surface area contributed by atoms with Crippen LogP contribution in [-0.4, -0.2) is 6.61 Å². The van der Waals surface area contributed by atoms with Gasteiger partial charge in [0.1, 0.15) is 5.75 Å². The second-order valence-electron chi connectivity index (χ2n) is 5.42. The molecule has 0 heterocycles. The summed E-state index contributed by atoms with van der Waals surface area (Å²) < 4.78 is 5.82. The van der Waals surface area contributed by atoms with Gasteiger partial charge in [0.2, 0.25) is 0 Å². The highest BCUT2D eigenvalue weighted by molar-refractivity contribution is 5.88. The lowest BCUT2D eigenvalue weighted by Gasteiger charge is -2.15. The van der Waals surface area contributed by atoms with Gasteiger partial charge in [-0.2, -0.15) is 0 Å². The number of aryl methyl sites for hydroxylation is 1. The fourth-order valence-electron chi connectivity index (χ4n) is 2.73. The molecule has 2 heteroatoms. The zero-order valence-corrected chi connectivity index (χ0v) is 13.1. The van der Waals surface area contributed by atoms with Crippen LogP contribution in [-0.2, 0) is 6.54 Å². The predicted molar refractivity (Wildman–Crippen MR) is 93.6 cm³/mol. The number of hydrogen-bond acceptors (Lipinski definition) is 2. The SMILES string of the molecule is CCOc1ccc2ccccc2c1CNc1cccc(C)c1. The summed E-state index contributed by atoms with van der Waals surface area (Å²) in [4.78, 5) is 0. The minimum atomic E-state index is 0.676. The fourth-order valence-corrected chi connectivity index (χ4v) is 2.73. The molecule has 0 aromatic heterocycles. The third kappa shape index (κ3) is 3.06. The molecule has 22 heavy (non-hydrogen) atoms. The van der Waals surface area contributed by atoms with Crippen molar-refractivity contribution in [3.8, 4) is 5.75 Å². The van der Waals surface area contributed by atoms with Gasteiger partial charge in [-0.05, 0) is 48.4 Å². The van der Waals surface area contributed by atoms with E-state index in [9.17, 15) is 0 Å². The first-order chi connectivity index (χ1) is 10.8. The van der Waals surface area contributed by atoms with Crippen molar-refractivity contribution in [1.82, 2.24) is 0 Å². The van der Waals surface area contributed by atoms with E-state index in [0.717, 1.165) is 18.0 Å². The maximum Gasteiger partial charge on any atom is 0.124 e. The molecule has 0 aliphatic rings. The Kier molecular flexibility index (Phi) is 4.29. The topological polar surface area (TPSA) is 21.3 Å². The lowest BCUT2D eigenvalue weighted by atomic mass is 10.0. The van der Waals surface area contributed by atoms with E-state index in [1.54, 1.807) is 0 Å². The Bertz CT molecular complexity index is 780. The van der Waals surface area contributed by atoms with Gasteiger partial charge in [0.05, 0.1) is 6.61 Å². The summed E-state index contributed by atoms with van der Waals surface area (Å²) in [5.41, 5.74) is 3.60. The number of ether oxygens (including phenoxy) is 1. The summed E-state index contributed by atoms with van der Waals surface area (Å²) >= 11 is 0. The fraction of sp³-hybridized carbons (Fsp3) is 0.200. The normalized spacial score (nSPS) is 10.6. The maximum absolute atomic E-state index is 5.82. The van der Waals surface area contributed by atoms with Gasteiger partial charge in [-0.25, -0.2) is 0 Å². The van der Waals surface area contributed by atoms with Crippen LogP contribution in [0, 0.1) is 6.92 Å². The molecule has 3 aromatic carbocycles. The smallest absolute Gasteiger partial charge is 0.124 e. The number of anilines is 1. The van der Waals surface area contributed by atoms with E-state index < -0.39 is 0 Å². The summed E-state index contributed by atoms with van der Waals surface area (Å²) in [7, 11) is 0. The molecule has 0 amide bonds. The van der Waals surface area contributed by atoms with Crippen LogP contribution >= 0.6 is 0 Å². The number of nitrogens with one attached hydrogen (secondary N) is 1. The third-order valence-electron chi connectivity index (χ3n) is 3.78. The minimum absolute atomic E-state index is 0.676. The number of fused-ring (bicyclic) bond motifs is 1. The van der Waals surface area contributed by atoms with E-state index in [1.165, 1.54) is 21.9 Å². The highest BCUT2D eigenvalue weighted by Gasteiger charge is 2.08.